The molecule has 0 amide bonds. The van der Waals surface area contributed by atoms with Crippen LogP contribution in [0.2, 0.25) is 0 Å². The van der Waals surface area contributed by atoms with Crippen molar-refractivity contribution in [2.45, 2.75) is 13.0 Å². The average Bonchev–Trinajstić information content (AvgIpc) is 2.68. The predicted octanol–water partition coefficient (Wildman–Crippen LogP) is 3.32. The Kier molecular flexibility index (Phi) is 3.23. The third kappa shape index (κ3) is 2.08. The molecule has 0 saturated heterocycles. The second-order valence-corrected chi connectivity index (χ2v) is 4.60. The van der Waals surface area contributed by atoms with Gasteiger partial charge in [0.25, 0.3) is 0 Å². The van der Waals surface area contributed by atoms with E-state index in [1.807, 2.05) is 13.0 Å². The molecule has 0 spiro atoms. The molecule has 1 aromatic heterocycles. The van der Waals surface area contributed by atoms with Crippen LogP contribution in [0.3, 0.4) is 0 Å². The first-order valence-corrected chi connectivity index (χ1v) is 5.94. The molecular formula is C13H12FNS. The zero-order valence-electron chi connectivity index (χ0n) is 8.96. The van der Waals surface area contributed by atoms with Gasteiger partial charge in [0.1, 0.15) is 11.9 Å². The van der Waals surface area contributed by atoms with Crippen molar-refractivity contribution in [2.75, 3.05) is 6.54 Å². The highest BCUT2D eigenvalue weighted by Gasteiger charge is 2.10. The van der Waals surface area contributed by atoms with E-state index in [-0.39, 0.29) is 11.9 Å². The quantitative estimate of drug-likeness (QED) is 0.802. The largest absolute Gasteiger partial charge is 0.300 e. The van der Waals surface area contributed by atoms with E-state index in [2.05, 4.69) is 11.2 Å². The van der Waals surface area contributed by atoms with Crippen molar-refractivity contribution in [1.29, 1.82) is 0 Å². The molecule has 1 N–H and O–H groups in total. The van der Waals surface area contributed by atoms with Crippen LogP contribution in [0, 0.1) is 18.2 Å². The van der Waals surface area contributed by atoms with Crippen LogP contribution in [0.5, 0.6) is 0 Å². The number of terminal acetylenes is 1. The van der Waals surface area contributed by atoms with Crippen molar-refractivity contribution in [3.8, 4) is 12.3 Å². The second kappa shape index (κ2) is 4.65. The van der Waals surface area contributed by atoms with Gasteiger partial charge in [0.2, 0.25) is 0 Å². The van der Waals surface area contributed by atoms with Gasteiger partial charge in [-0.3, -0.25) is 5.32 Å². The zero-order valence-corrected chi connectivity index (χ0v) is 9.77. The summed E-state index contributed by atoms with van der Waals surface area (Å²) >= 11 is 1.54. The van der Waals surface area contributed by atoms with Gasteiger partial charge in [0.05, 0.1) is 0 Å². The first-order chi connectivity index (χ1) is 7.74. The van der Waals surface area contributed by atoms with Gasteiger partial charge in [-0.2, -0.15) is 0 Å². The minimum absolute atomic E-state index is 0.0783. The first kappa shape index (κ1) is 11.1. The van der Waals surface area contributed by atoms with E-state index in [1.54, 1.807) is 12.1 Å². The van der Waals surface area contributed by atoms with Crippen LogP contribution in [-0.4, -0.2) is 6.54 Å². The molecule has 0 fully saturated rings. The lowest BCUT2D eigenvalue weighted by atomic mass is 10.2. The number of fused-ring (bicyclic) bond motifs is 1. The van der Waals surface area contributed by atoms with Gasteiger partial charge in [0, 0.05) is 9.58 Å². The molecule has 0 aliphatic heterocycles. The summed E-state index contributed by atoms with van der Waals surface area (Å²) in [4.78, 5) is 1.06. The second-order valence-electron chi connectivity index (χ2n) is 3.49. The van der Waals surface area contributed by atoms with Crippen molar-refractivity contribution in [1.82, 2.24) is 5.32 Å². The summed E-state index contributed by atoms with van der Waals surface area (Å²) in [5, 5.41) is 4.25. The SMILES string of the molecule is C#CC(NCC)c1cc2ccc(F)cc2s1. The van der Waals surface area contributed by atoms with Gasteiger partial charge in [-0.25, -0.2) is 4.39 Å². The normalized spacial score (nSPS) is 12.6. The molecule has 0 bridgehead atoms. The van der Waals surface area contributed by atoms with E-state index in [9.17, 15) is 4.39 Å². The van der Waals surface area contributed by atoms with E-state index < -0.39 is 0 Å². The maximum Gasteiger partial charge on any atom is 0.124 e. The van der Waals surface area contributed by atoms with Gasteiger partial charge in [0.15, 0.2) is 0 Å². The topological polar surface area (TPSA) is 12.0 Å². The Hall–Kier alpha value is -1.37. The van der Waals surface area contributed by atoms with Gasteiger partial charge in [-0.15, -0.1) is 17.8 Å². The number of thiophene rings is 1. The number of hydrogen-bond donors (Lipinski definition) is 1. The van der Waals surface area contributed by atoms with Crippen LogP contribution >= 0.6 is 11.3 Å². The molecule has 0 aliphatic rings. The maximum absolute atomic E-state index is 13.0. The minimum Gasteiger partial charge on any atom is -0.300 e. The molecule has 1 unspecified atom stereocenters. The smallest absolute Gasteiger partial charge is 0.124 e. The molecule has 1 aromatic carbocycles. The summed E-state index contributed by atoms with van der Waals surface area (Å²) in [6.45, 7) is 2.83. The molecule has 82 valence electrons. The Morgan fingerprint density at radius 2 is 2.31 bits per heavy atom. The van der Waals surface area contributed by atoms with Crippen molar-refractivity contribution in [2.24, 2.45) is 0 Å². The van der Waals surface area contributed by atoms with E-state index >= 15 is 0 Å². The van der Waals surface area contributed by atoms with Crippen molar-refractivity contribution >= 4 is 21.4 Å². The zero-order chi connectivity index (χ0) is 11.5. The number of hydrogen-bond acceptors (Lipinski definition) is 2. The van der Waals surface area contributed by atoms with Crippen LogP contribution in [0.1, 0.15) is 17.8 Å². The fourth-order valence-electron chi connectivity index (χ4n) is 1.61. The van der Waals surface area contributed by atoms with Crippen LogP contribution in [0.15, 0.2) is 24.3 Å². The molecule has 2 rings (SSSR count). The van der Waals surface area contributed by atoms with Gasteiger partial charge in [-0.05, 0) is 30.1 Å². The Labute approximate surface area is 98.3 Å². The molecule has 1 atom stereocenters. The highest BCUT2D eigenvalue weighted by molar-refractivity contribution is 7.19. The molecule has 0 radical (unpaired) electrons. The maximum atomic E-state index is 13.0. The van der Waals surface area contributed by atoms with Gasteiger partial charge < -0.3 is 0 Å². The average molecular weight is 233 g/mol. The summed E-state index contributed by atoms with van der Waals surface area (Å²) in [6.07, 6.45) is 5.46. The third-order valence-corrected chi connectivity index (χ3v) is 3.52. The highest BCUT2D eigenvalue weighted by atomic mass is 32.1. The monoisotopic (exact) mass is 233 g/mol. The number of halogens is 1. The predicted molar refractivity (Wildman–Crippen MR) is 67.0 cm³/mol. The lowest BCUT2D eigenvalue weighted by Crippen LogP contribution is -2.17. The summed E-state index contributed by atoms with van der Waals surface area (Å²) in [5.41, 5.74) is 0. The fourth-order valence-corrected chi connectivity index (χ4v) is 2.74. The van der Waals surface area contributed by atoms with Crippen LogP contribution < -0.4 is 5.32 Å². The van der Waals surface area contributed by atoms with E-state index in [1.165, 1.54) is 17.4 Å². The van der Waals surface area contributed by atoms with Crippen LogP contribution in [0.4, 0.5) is 4.39 Å². The molecule has 2 aromatic rings. The number of benzene rings is 1. The Bertz CT molecular complexity index is 538. The fraction of sp³-hybridized carbons (Fsp3) is 0.231. The lowest BCUT2D eigenvalue weighted by Gasteiger charge is -2.07. The summed E-state index contributed by atoms with van der Waals surface area (Å²) in [6, 6.07) is 6.74. The summed E-state index contributed by atoms with van der Waals surface area (Å²) in [7, 11) is 0. The molecule has 16 heavy (non-hydrogen) atoms. The minimum atomic E-state index is -0.207. The Balaban J connectivity index is 2.42. The Morgan fingerprint density at radius 3 is 3.00 bits per heavy atom. The molecule has 0 aliphatic carbocycles. The summed E-state index contributed by atoms with van der Waals surface area (Å²) in [5.74, 6) is 2.49. The van der Waals surface area contributed by atoms with Gasteiger partial charge in [-0.1, -0.05) is 18.9 Å². The van der Waals surface area contributed by atoms with Crippen LogP contribution in [0.25, 0.3) is 10.1 Å². The van der Waals surface area contributed by atoms with E-state index in [0.29, 0.717) is 0 Å². The Morgan fingerprint density at radius 1 is 1.50 bits per heavy atom. The summed E-state index contributed by atoms with van der Waals surface area (Å²) < 4.78 is 14.0. The molecule has 1 heterocycles. The van der Waals surface area contributed by atoms with E-state index in [4.69, 9.17) is 6.42 Å². The number of rotatable bonds is 3. The molecular weight excluding hydrogens is 221 g/mol. The number of nitrogens with one attached hydrogen (secondary N) is 1. The lowest BCUT2D eigenvalue weighted by molar-refractivity contribution is 0.630. The molecule has 0 saturated carbocycles. The molecule has 3 heteroatoms. The van der Waals surface area contributed by atoms with Crippen LogP contribution in [-0.2, 0) is 0 Å². The third-order valence-electron chi connectivity index (χ3n) is 2.36. The van der Waals surface area contributed by atoms with Crippen molar-refractivity contribution in [3.05, 3.63) is 35.0 Å². The van der Waals surface area contributed by atoms with Gasteiger partial charge >= 0.3 is 0 Å². The standard InChI is InChI=1S/C13H12FNS/c1-3-11(15-4-2)13-7-9-5-6-10(14)8-12(9)16-13/h1,5-8,11,15H,4H2,2H3. The van der Waals surface area contributed by atoms with Crippen molar-refractivity contribution < 1.29 is 4.39 Å². The molecule has 1 nitrogen and oxygen atoms in total. The van der Waals surface area contributed by atoms with Crippen molar-refractivity contribution in [3.63, 3.8) is 0 Å². The highest BCUT2D eigenvalue weighted by Crippen LogP contribution is 2.30. The van der Waals surface area contributed by atoms with E-state index in [0.717, 1.165) is 21.5 Å². The first-order valence-electron chi connectivity index (χ1n) is 5.13.